The average molecular weight is 333 g/mol. The lowest BCUT2D eigenvalue weighted by Crippen LogP contribution is -2.35. The molecular formula is C21H19NO3. The van der Waals surface area contributed by atoms with Crippen LogP contribution < -0.4 is 9.47 Å². The monoisotopic (exact) mass is 333 g/mol. The molecule has 0 spiro atoms. The summed E-state index contributed by atoms with van der Waals surface area (Å²) < 4.78 is 11.2. The summed E-state index contributed by atoms with van der Waals surface area (Å²) in [6.07, 6.45) is 3.68. The SMILES string of the molecule is Oc1ccc2c3c(c4cc5c(cc4c2c1)OCO5)CN1CCC[C@H]1C3. The van der Waals surface area contributed by atoms with E-state index in [4.69, 9.17) is 9.47 Å². The third kappa shape index (κ3) is 1.86. The number of fused-ring (bicyclic) bond motifs is 8. The molecule has 4 nitrogen and oxygen atoms in total. The summed E-state index contributed by atoms with van der Waals surface area (Å²) in [4.78, 5) is 2.62. The first-order valence-corrected chi connectivity index (χ1v) is 9.02. The molecule has 4 heteroatoms. The summed E-state index contributed by atoms with van der Waals surface area (Å²) >= 11 is 0. The molecule has 0 aromatic heterocycles. The van der Waals surface area contributed by atoms with Gasteiger partial charge in [0.25, 0.3) is 0 Å². The van der Waals surface area contributed by atoms with Crippen LogP contribution in [0, 0.1) is 0 Å². The minimum Gasteiger partial charge on any atom is -0.508 e. The number of phenolic OH excluding ortho intramolecular Hbond substituents is 1. The molecule has 1 saturated heterocycles. The Morgan fingerprint density at radius 2 is 1.72 bits per heavy atom. The van der Waals surface area contributed by atoms with Gasteiger partial charge in [-0.25, -0.2) is 0 Å². The lowest BCUT2D eigenvalue weighted by Gasteiger charge is -2.33. The topological polar surface area (TPSA) is 41.9 Å². The first-order chi connectivity index (χ1) is 12.3. The highest BCUT2D eigenvalue weighted by Gasteiger charge is 2.32. The quantitative estimate of drug-likeness (QED) is 0.633. The molecular weight excluding hydrogens is 314 g/mol. The molecule has 0 amide bonds. The smallest absolute Gasteiger partial charge is 0.231 e. The molecule has 0 radical (unpaired) electrons. The Kier molecular flexibility index (Phi) is 2.64. The predicted octanol–water partition coefficient (Wildman–Crippen LogP) is 3.95. The fourth-order valence-electron chi connectivity index (χ4n) is 4.94. The number of ether oxygens (including phenoxy) is 2. The van der Waals surface area contributed by atoms with Crippen molar-refractivity contribution in [3.05, 3.63) is 41.5 Å². The van der Waals surface area contributed by atoms with Gasteiger partial charge in [0.15, 0.2) is 11.5 Å². The largest absolute Gasteiger partial charge is 0.508 e. The van der Waals surface area contributed by atoms with Crippen LogP contribution in [0.4, 0.5) is 0 Å². The number of phenols is 1. The van der Waals surface area contributed by atoms with E-state index in [2.05, 4.69) is 23.1 Å². The number of rotatable bonds is 0. The van der Waals surface area contributed by atoms with E-state index in [0.29, 0.717) is 11.8 Å². The van der Waals surface area contributed by atoms with Gasteiger partial charge in [-0.05, 0) is 82.7 Å². The van der Waals surface area contributed by atoms with E-state index in [-0.39, 0.29) is 6.79 Å². The summed E-state index contributed by atoms with van der Waals surface area (Å²) in [6, 6.07) is 10.7. The first kappa shape index (κ1) is 13.8. The zero-order valence-electron chi connectivity index (χ0n) is 13.9. The third-order valence-electron chi connectivity index (χ3n) is 6.12. The van der Waals surface area contributed by atoms with Gasteiger partial charge in [-0.1, -0.05) is 6.07 Å². The zero-order valence-corrected chi connectivity index (χ0v) is 13.9. The van der Waals surface area contributed by atoms with Crippen LogP contribution in [0.15, 0.2) is 30.3 Å². The van der Waals surface area contributed by atoms with E-state index < -0.39 is 0 Å². The number of nitrogens with zero attached hydrogens (tertiary/aromatic N) is 1. The highest BCUT2D eigenvalue weighted by Crippen LogP contribution is 2.45. The highest BCUT2D eigenvalue weighted by atomic mass is 16.7. The van der Waals surface area contributed by atoms with Crippen molar-refractivity contribution < 1.29 is 14.6 Å². The van der Waals surface area contributed by atoms with Crippen LogP contribution in [0.1, 0.15) is 24.0 Å². The van der Waals surface area contributed by atoms with Gasteiger partial charge in [0.2, 0.25) is 6.79 Å². The molecule has 3 aromatic carbocycles. The van der Waals surface area contributed by atoms with Gasteiger partial charge < -0.3 is 14.6 Å². The van der Waals surface area contributed by atoms with Crippen molar-refractivity contribution in [2.45, 2.75) is 31.8 Å². The summed E-state index contributed by atoms with van der Waals surface area (Å²) in [6.45, 7) is 2.49. The minimum absolute atomic E-state index is 0.283. The van der Waals surface area contributed by atoms with Crippen molar-refractivity contribution in [3.8, 4) is 17.2 Å². The van der Waals surface area contributed by atoms with Crippen molar-refractivity contribution in [1.29, 1.82) is 0 Å². The minimum atomic E-state index is 0.283. The van der Waals surface area contributed by atoms with Crippen LogP contribution in [0.5, 0.6) is 17.2 Å². The van der Waals surface area contributed by atoms with E-state index in [1.807, 2.05) is 12.1 Å². The molecule has 1 fully saturated rings. The molecule has 25 heavy (non-hydrogen) atoms. The van der Waals surface area contributed by atoms with Crippen molar-refractivity contribution in [2.24, 2.45) is 0 Å². The Hall–Kier alpha value is -2.46. The van der Waals surface area contributed by atoms with Crippen LogP contribution >= 0.6 is 0 Å². The Labute approximate surface area is 145 Å². The van der Waals surface area contributed by atoms with E-state index in [9.17, 15) is 5.11 Å². The van der Waals surface area contributed by atoms with Gasteiger partial charge in [0.1, 0.15) is 5.75 Å². The Morgan fingerprint density at radius 3 is 2.60 bits per heavy atom. The normalized spacial score (nSPS) is 21.7. The Balaban J connectivity index is 1.74. The maximum Gasteiger partial charge on any atom is 0.231 e. The molecule has 3 aliphatic rings. The van der Waals surface area contributed by atoms with E-state index in [0.717, 1.165) is 35.2 Å². The van der Waals surface area contributed by atoms with Crippen molar-refractivity contribution >= 4 is 21.5 Å². The first-order valence-electron chi connectivity index (χ1n) is 9.02. The highest BCUT2D eigenvalue weighted by molar-refractivity contribution is 6.12. The Morgan fingerprint density at radius 1 is 0.920 bits per heavy atom. The molecule has 3 aromatic rings. The zero-order chi connectivity index (χ0) is 16.5. The van der Waals surface area contributed by atoms with E-state index in [1.165, 1.54) is 41.3 Å². The maximum atomic E-state index is 10.1. The van der Waals surface area contributed by atoms with Gasteiger partial charge in [0.05, 0.1) is 0 Å². The number of hydrogen-bond acceptors (Lipinski definition) is 4. The van der Waals surface area contributed by atoms with Crippen molar-refractivity contribution in [3.63, 3.8) is 0 Å². The lowest BCUT2D eigenvalue weighted by molar-refractivity contribution is 0.174. The second-order valence-electron chi connectivity index (χ2n) is 7.41. The second kappa shape index (κ2) is 4.79. The van der Waals surface area contributed by atoms with Gasteiger partial charge in [-0.3, -0.25) is 4.90 Å². The van der Waals surface area contributed by atoms with Gasteiger partial charge in [0, 0.05) is 12.6 Å². The second-order valence-corrected chi connectivity index (χ2v) is 7.41. The number of benzene rings is 3. The summed E-state index contributed by atoms with van der Waals surface area (Å²) in [5, 5.41) is 14.8. The maximum absolute atomic E-state index is 10.1. The van der Waals surface area contributed by atoms with Crippen LogP contribution in [-0.2, 0) is 13.0 Å². The summed E-state index contributed by atoms with van der Waals surface area (Å²) in [5.41, 5.74) is 2.87. The molecule has 3 heterocycles. The summed E-state index contributed by atoms with van der Waals surface area (Å²) in [7, 11) is 0. The lowest BCUT2D eigenvalue weighted by atomic mass is 9.85. The van der Waals surface area contributed by atoms with Crippen LogP contribution in [0.3, 0.4) is 0 Å². The average Bonchev–Trinajstić information content (AvgIpc) is 3.27. The molecule has 3 aliphatic heterocycles. The van der Waals surface area contributed by atoms with Gasteiger partial charge >= 0.3 is 0 Å². The third-order valence-corrected chi connectivity index (χ3v) is 6.12. The van der Waals surface area contributed by atoms with Gasteiger partial charge in [-0.15, -0.1) is 0 Å². The van der Waals surface area contributed by atoms with Crippen molar-refractivity contribution in [1.82, 2.24) is 4.90 Å². The van der Waals surface area contributed by atoms with E-state index in [1.54, 1.807) is 0 Å². The van der Waals surface area contributed by atoms with Gasteiger partial charge in [-0.2, -0.15) is 0 Å². The fraction of sp³-hybridized carbons (Fsp3) is 0.333. The van der Waals surface area contributed by atoms with E-state index >= 15 is 0 Å². The Bertz CT molecular complexity index is 1040. The summed E-state index contributed by atoms with van der Waals surface area (Å²) in [5.74, 6) is 1.94. The predicted molar refractivity (Wildman–Crippen MR) is 96.4 cm³/mol. The molecule has 0 aliphatic carbocycles. The number of aromatic hydroxyl groups is 1. The fourth-order valence-corrected chi connectivity index (χ4v) is 4.94. The molecule has 0 bridgehead atoms. The molecule has 1 N–H and O–H groups in total. The number of hydrogen-bond donors (Lipinski definition) is 1. The molecule has 0 saturated carbocycles. The molecule has 1 atom stereocenters. The van der Waals surface area contributed by atoms with Crippen LogP contribution in [-0.4, -0.2) is 29.4 Å². The standard InChI is InChI=1S/C21H19NO3/c23-13-3-4-14-15-6-12-2-1-5-22(12)10-19(15)18-9-21-20(24-11-25-21)8-17(18)16(14)7-13/h3-4,7-9,12,23H,1-2,5-6,10-11H2/t12-/m0/s1. The molecule has 6 rings (SSSR count). The van der Waals surface area contributed by atoms with Crippen molar-refractivity contribution in [2.75, 3.05) is 13.3 Å². The molecule has 126 valence electrons. The van der Waals surface area contributed by atoms with Crippen LogP contribution in [0.25, 0.3) is 21.5 Å². The molecule has 0 unspecified atom stereocenters. The van der Waals surface area contributed by atoms with Crippen LogP contribution in [0.2, 0.25) is 0 Å².